The van der Waals surface area contributed by atoms with E-state index in [4.69, 9.17) is 0 Å². The molecule has 4 rings (SSSR count). The lowest BCUT2D eigenvalue weighted by molar-refractivity contribution is 0.101. The van der Waals surface area contributed by atoms with Crippen molar-refractivity contribution in [1.29, 1.82) is 0 Å². The van der Waals surface area contributed by atoms with Gasteiger partial charge >= 0.3 is 0 Å². The summed E-state index contributed by atoms with van der Waals surface area (Å²) < 4.78 is 28.2. The Morgan fingerprint density at radius 2 is 1.93 bits per heavy atom. The van der Waals surface area contributed by atoms with Gasteiger partial charge in [0.1, 0.15) is 5.82 Å². The maximum absolute atomic E-state index is 12.8. The van der Waals surface area contributed by atoms with Crippen molar-refractivity contribution >= 4 is 21.5 Å². The SMILES string of the molecule is CC(=O)c1cccc(S(=O)(=O)Nc2ccccc2-c2n[nH]c(C3CC3)n2)c1. The van der Waals surface area contributed by atoms with Gasteiger partial charge in [-0.3, -0.25) is 14.6 Å². The van der Waals surface area contributed by atoms with Gasteiger partial charge in [0.05, 0.1) is 10.6 Å². The maximum atomic E-state index is 12.8. The molecule has 1 aliphatic rings. The monoisotopic (exact) mass is 382 g/mol. The van der Waals surface area contributed by atoms with E-state index >= 15 is 0 Å². The van der Waals surface area contributed by atoms with Gasteiger partial charge < -0.3 is 0 Å². The van der Waals surface area contributed by atoms with Crippen LogP contribution in [-0.2, 0) is 10.0 Å². The van der Waals surface area contributed by atoms with Gasteiger partial charge in [-0.2, -0.15) is 5.10 Å². The largest absolute Gasteiger partial charge is 0.295 e. The van der Waals surface area contributed by atoms with Crippen LogP contribution in [0.4, 0.5) is 5.69 Å². The normalized spacial score (nSPS) is 14.1. The van der Waals surface area contributed by atoms with E-state index in [1.54, 1.807) is 36.4 Å². The molecule has 0 atom stereocenters. The van der Waals surface area contributed by atoms with Gasteiger partial charge in [0.25, 0.3) is 10.0 Å². The van der Waals surface area contributed by atoms with E-state index in [9.17, 15) is 13.2 Å². The zero-order chi connectivity index (χ0) is 19.0. The summed E-state index contributed by atoms with van der Waals surface area (Å²) in [5.41, 5.74) is 1.31. The molecule has 3 aromatic rings. The molecule has 0 saturated heterocycles. The maximum Gasteiger partial charge on any atom is 0.261 e. The molecule has 0 amide bonds. The van der Waals surface area contributed by atoms with E-state index in [0.717, 1.165) is 18.7 Å². The van der Waals surface area contributed by atoms with E-state index in [1.807, 2.05) is 0 Å². The third-order valence-electron chi connectivity index (χ3n) is 4.43. The number of Topliss-reactive ketones (excluding diaryl/α,β-unsaturated/α-hetero) is 1. The standard InChI is InChI=1S/C19H18N4O3S/c1-12(24)14-5-4-6-15(11-14)27(25,26)23-17-8-3-2-7-16(17)19-20-18(21-22-19)13-9-10-13/h2-8,11,13,23H,9-10H2,1H3,(H,20,21,22). The number of carbonyl (C=O) groups excluding carboxylic acids is 1. The van der Waals surface area contributed by atoms with Crippen molar-refractivity contribution in [2.24, 2.45) is 0 Å². The van der Waals surface area contributed by atoms with Crippen LogP contribution in [0.3, 0.4) is 0 Å². The summed E-state index contributed by atoms with van der Waals surface area (Å²) in [6, 6.07) is 12.9. The zero-order valence-electron chi connectivity index (χ0n) is 14.6. The Kier molecular flexibility index (Phi) is 4.27. The van der Waals surface area contributed by atoms with Crippen LogP contribution in [0.1, 0.15) is 41.9 Å². The highest BCUT2D eigenvalue weighted by Crippen LogP contribution is 2.39. The first kappa shape index (κ1) is 17.4. The Hall–Kier alpha value is -3.00. The van der Waals surface area contributed by atoms with Crippen LogP contribution in [0.5, 0.6) is 0 Å². The molecule has 27 heavy (non-hydrogen) atoms. The molecule has 7 nitrogen and oxygen atoms in total. The summed E-state index contributed by atoms with van der Waals surface area (Å²) in [7, 11) is -3.87. The Labute approximate surface area is 156 Å². The minimum atomic E-state index is -3.87. The number of nitrogens with one attached hydrogen (secondary N) is 2. The molecule has 2 N–H and O–H groups in total. The van der Waals surface area contributed by atoms with Crippen molar-refractivity contribution in [3.05, 3.63) is 59.9 Å². The molecule has 0 unspecified atom stereocenters. The van der Waals surface area contributed by atoms with Gasteiger partial charge in [-0.15, -0.1) is 0 Å². The van der Waals surface area contributed by atoms with Gasteiger partial charge in [-0.1, -0.05) is 24.3 Å². The molecule has 1 heterocycles. The lowest BCUT2D eigenvalue weighted by Gasteiger charge is -2.11. The molecule has 0 aliphatic heterocycles. The second-order valence-corrected chi connectivity index (χ2v) is 8.24. The number of para-hydroxylation sites is 1. The van der Waals surface area contributed by atoms with E-state index < -0.39 is 10.0 Å². The van der Waals surface area contributed by atoms with Crippen LogP contribution in [-0.4, -0.2) is 29.4 Å². The van der Waals surface area contributed by atoms with Crippen LogP contribution in [0, 0.1) is 0 Å². The second-order valence-electron chi connectivity index (χ2n) is 6.55. The van der Waals surface area contributed by atoms with Crippen molar-refractivity contribution in [2.75, 3.05) is 4.72 Å². The molecule has 1 aliphatic carbocycles. The van der Waals surface area contributed by atoms with Crippen LogP contribution in [0.25, 0.3) is 11.4 Å². The second kappa shape index (κ2) is 6.62. The van der Waals surface area contributed by atoms with Crippen molar-refractivity contribution in [2.45, 2.75) is 30.6 Å². The summed E-state index contributed by atoms with van der Waals surface area (Å²) >= 11 is 0. The fourth-order valence-corrected chi connectivity index (χ4v) is 3.91. The highest BCUT2D eigenvalue weighted by atomic mass is 32.2. The van der Waals surface area contributed by atoms with Crippen molar-refractivity contribution in [3.8, 4) is 11.4 Å². The third kappa shape index (κ3) is 3.61. The quantitative estimate of drug-likeness (QED) is 0.636. The number of rotatable bonds is 6. The Balaban J connectivity index is 1.68. The number of benzene rings is 2. The summed E-state index contributed by atoms with van der Waals surface area (Å²) in [4.78, 5) is 16.1. The summed E-state index contributed by atoms with van der Waals surface area (Å²) in [5.74, 6) is 1.51. The highest BCUT2D eigenvalue weighted by molar-refractivity contribution is 7.92. The number of hydrogen-bond donors (Lipinski definition) is 2. The average molecular weight is 382 g/mol. The number of anilines is 1. The van der Waals surface area contributed by atoms with Crippen LogP contribution in [0.2, 0.25) is 0 Å². The number of ketones is 1. The number of sulfonamides is 1. The van der Waals surface area contributed by atoms with E-state index in [0.29, 0.717) is 28.6 Å². The predicted molar refractivity (Wildman–Crippen MR) is 101 cm³/mol. The predicted octanol–water partition coefficient (Wildman–Crippen LogP) is 3.35. The molecule has 1 aromatic heterocycles. The molecular weight excluding hydrogens is 364 g/mol. The summed E-state index contributed by atoms with van der Waals surface area (Å²) in [6.45, 7) is 1.40. The van der Waals surface area contributed by atoms with Crippen molar-refractivity contribution < 1.29 is 13.2 Å². The van der Waals surface area contributed by atoms with E-state index in [1.165, 1.54) is 19.1 Å². The summed E-state index contributed by atoms with van der Waals surface area (Å²) in [6.07, 6.45) is 2.19. The number of carbonyl (C=O) groups is 1. The first-order chi connectivity index (χ1) is 12.9. The zero-order valence-corrected chi connectivity index (χ0v) is 15.5. The smallest absolute Gasteiger partial charge is 0.261 e. The number of aromatic nitrogens is 3. The van der Waals surface area contributed by atoms with E-state index in [2.05, 4.69) is 19.9 Å². The third-order valence-corrected chi connectivity index (χ3v) is 5.79. The number of H-pyrrole nitrogens is 1. The lowest BCUT2D eigenvalue weighted by Crippen LogP contribution is -2.14. The molecule has 1 saturated carbocycles. The van der Waals surface area contributed by atoms with Crippen LogP contribution in [0.15, 0.2) is 53.4 Å². The Morgan fingerprint density at radius 3 is 2.67 bits per heavy atom. The van der Waals surface area contributed by atoms with Gasteiger partial charge in [0.15, 0.2) is 11.6 Å². The van der Waals surface area contributed by atoms with Crippen LogP contribution < -0.4 is 4.72 Å². The molecule has 138 valence electrons. The van der Waals surface area contributed by atoms with Crippen LogP contribution >= 0.6 is 0 Å². The molecule has 0 spiro atoms. The van der Waals surface area contributed by atoms with E-state index in [-0.39, 0.29) is 10.7 Å². The number of hydrogen-bond acceptors (Lipinski definition) is 5. The molecular formula is C19H18N4O3S. The van der Waals surface area contributed by atoms with Crippen molar-refractivity contribution in [3.63, 3.8) is 0 Å². The van der Waals surface area contributed by atoms with Gasteiger partial charge in [0.2, 0.25) is 0 Å². The van der Waals surface area contributed by atoms with Gasteiger partial charge in [-0.05, 0) is 44.0 Å². The topological polar surface area (TPSA) is 105 Å². The minimum absolute atomic E-state index is 0.0265. The van der Waals surface area contributed by atoms with Gasteiger partial charge in [-0.25, -0.2) is 13.4 Å². The van der Waals surface area contributed by atoms with Gasteiger partial charge in [0, 0.05) is 17.0 Å². The molecule has 8 heteroatoms. The number of aromatic amines is 1. The Morgan fingerprint density at radius 1 is 1.15 bits per heavy atom. The fraction of sp³-hybridized carbons (Fsp3) is 0.211. The minimum Gasteiger partial charge on any atom is -0.295 e. The first-order valence-corrected chi connectivity index (χ1v) is 10.1. The summed E-state index contributed by atoms with van der Waals surface area (Å²) in [5, 5.41) is 7.16. The number of nitrogens with zero attached hydrogens (tertiary/aromatic N) is 2. The van der Waals surface area contributed by atoms with Crippen molar-refractivity contribution in [1.82, 2.24) is 15.2 Å². The highest BCUT2D eigenvalue weighted by Gasteiger charge is 2.28. The first-order valence-electron chi connectivity index (χ1n) is 8.59. The molecule has 1 fully saturated rings. The molecule has 2 aromatic carbocycles. The fourth-order valence-electron chi connectivity index (χ4n) is 2.79. The molecule has 0 bridgehead atoms. The lowest BCUT2D eigenvalue weighted by atomic mass is 10.2. The average Bonchev–Trinajstić information content (AvgIpc) is 3.39. The molecule has 0 radical (unpaired) electrons. The Bertz CT molecular complexity index is 1120.